The molecule has 10 nitrogen and oxygen atoms in total. The standard InChI is InChI=1S/C17H25N7O3/c1-3-18-17(26)15-9-13(10-23(15)11-14-5-4-8-27-14)19-16(25)6-7-24-12(2)20-21-22-24/h4-5,8,13,15H,3,6-7,9-11H2,1-2H3,(H,18,26)(H,19,25)/t13-,15-/m0/s1. The average molecular weight is 375 g/mol. The number of likely N-dealkylation sites (tertiary alicyclic amines) is 1. The second kappa shape index (κ2) is 8.76. The molecule has 10 heteroatoms. The van der Waals surface area contributed by atoms with E-state index in [2.05, 4.69) is 26.2 Å². The molecule has 2 aromatic rings. The third-order valence-electron chi connectivity index (χ3n) is 4.62. The van der Waals surface area contributed by atoms with Crippen LogP contribution < -0.4 is 10.6 Å². The lowest BCUT2D eigenvalue weighted by Gasteiger charge is -2.22. The Morgan fingerprint density at radius 2 is 2.26 bits per heavy atom. The predicted octanol–water partition coefficient (Wildman–Crippen LogP) is -0.140. The van der Waals surface area contributed by atoms with E-state index in [0.29, 0.717) is 38.4 Å². The molecule has 1 aliphatic rings. The molecule has 2 amide bonds. The first kappa shape index (κ1) is 19.0. The Bertz CT molecular complexity index is 758. The van der Waals surface area contributed by atoms with Crippen molar-refractivity contribution in [3.63, 3.8) is 0 Å². The van der Waals surface area contributed by atoms with Crippen LogP contribution in [0.25, 0.3) is 0 Å². The summed E-state index contributed by atoms with van der Waals surface area (Å²) in [6.45, 7) is 5.81. The Labute approximate surface area is 157 Å². The van der Waals surface area contributed by atoms with Crippen LogP contribution in [0.1, 0.15) is 31.4 Å². The lowest BCUT2D eigenvalue weighted by molar-refractivity contribution is -0.126. The number of hydrogen-bond acceptors (Lipinski definition) is 7. The molecule has 2 aromatic heterocycles. The van der Waals surface area contributed by atoms with Crippen LogP contribution in [0.2, 0.25) is 0 Å². The van der Waals surface area contributed by atoms with Gasteiger partial charge in [-0.2, -0.15) is 0 Å². The minimum Gasteiger partial charge on any atom is -0.468 e. The molecule has 0 aliphatic carbocycles. The van der Waals surface area contributed by atoms with Crippen LogP contribution in [0.5, 0.6) is 0 Å². The maximum Gasteiger partial charge on any atom is 0.237 e. The number of hydrogen-bond donors (Lipinski definition) is 2. The molecule has 3 rings (SSSR count). The van der Waals surface area contributed by atoms with Gasteiger partial charge in [-0.05, 0) is 42.8 Å². The minimum atomic E-state index is -0.290. The number of furan rings is 1. The van der Waals surface area contributed by atoms with Crippen LogP contribution in [0.4, 0.5) is 0 Å². The highest BCUT2D eigenvalue weighted by atomic mass is 16.3. The number of carbonyl (C=O) groups is 2. The largest absolute Gasteiger partial charge is 0.468 e. The van der Waals surface area contributed by atoms with E-state index in [1.807, 2.05) is 24.0 Å². The SMILES string of the molecule is CCNC(=O)[C@@H]1C[C@H](NC(=O)CCn2nnnc2C)CN1Cc1ccco1. The summed E-state index contributed by atoms with van der Waals surface area (Å²) in [5, 5.41) is 17.1. The van der Waals surface area contributed by atoms with Gasteiger partial charge in [0, 0.05) is 25.6 Å². The van der Waals surface area contributed by atoms with Crippen molar-refractivity contribution < 1.29 is 14.0 Å². The van der Waals surface area contributed by atoms with Crippen LogP contribution >= 0.6 is 0 Å². The van der Waals surface area contributed by atoms with E-state index in [9.17, 15) is 9.59 Å². The zero-order valence-corrected chi connectivity index (χ0v) is 15.6. The van der Waals surface area contributed by atoms with Crippen molar-refractivity contribution in [3.8, 4) is 0 Å². The van der Waals surface area contributed by atoms with E-state index in [1.54, 1.807) is 17.9 Å². The molecule has 3 heterocycles. The Hall–Kier alpha value is -2.75. The second-order valence-electron chi connectivity index (χ2n) is 6.62. The van der Waals surface area contributed by atoms with Crippen molar-refractivity contribution in [3.05, 3.63) is 30.0 Å². The molecule has 1 aliphatic heterocycles. The number of aromatic nitrogens is 4. The number of nitrogens with one attached hydrogen (secondary N) is 2. The van der Waals surface area contributed by atoms with Gasteiger partial charge in [-0.25, -0.2) is 4.68 Å². The van der Waals surface area contributed by atoms with Gasteiger partial charge in [0.15, 0.2) is 0 Å². The summed E-state index contributed by atoms with van der Waals surface area (Å²) in [6.07, 6.45) is 2.47. The van der Waals surface area contributed by atoms with E-state index in [1.165, 1.54) is 0 Å². The zero-order chi connectivity index (χ0) is 19.2. The Morgan fingerprint density at radius 3 is 2.93 bits per heavy atom. The zero-order valence-electron chi connectivity index (χ0n) is 15.6. The minimum absolute atomic E-state index is 0.0230. The number of tetrazole rings is 1. The third-order valence-corrected chi connectivity index (χ3v) is 4.62. The van der Waals surface area contributed by atoms with E-state index >= 15 is 0 Å². The van der Waals surface area contributed by atoms with E-state index in [0.717, 1.165) is 5.76 Å². The number of carbonyl (C=O) groups excluding carboxylic acids is 2. The maximum atomic E-state index is 12.4. The number of rotatable bonds is 8. The fraction of sp³-hybridized carbons (Fsp3) is 0.588. The Kier molecular flexibility index (Phi) is 6.17. The van der Waals surface area contributed by atoms with Gasteiger partial charge >= 0.3 is 0 Å². The van der Waals surface area contributed by atoms with Crippen molar-refractivity contribution >= 4 is 11.8 Å². The molecule has 2 N–H and O–H groups in total. The van der Waals surface area contributed by atoms with Crippen molar-refractivity contribution in [1.82, 2.24) is 35.7 Å². The van der Waals surface area contributed by atoms with Gasteiger partial charge in [-0.1, -0.05) is 0 Å². The van der Waals surface area contributed by atoms with Gasteiger partial charge in [0.2, 0.25) is 11.8 Å². The van der Waals surface area contributed by atoms with Gasteiger partial charge < -0.3 is 15.1 Å². The first-order chi connectivity index (χ1) is 13.1. The maximum absolute atomic E-state index is 12.4. The molecule has 146 valence electrons. The van der Waals surface area contributed by atoms with Gasteiger partial charge in [0.1, 0.15) is 11.6 Å². The highest BCUT2D eigenvalue weighted by molar-refractivity contribution is 5.82. The highest BCUT2D eigenvalue weighted by Gasteiger charge is 2.37. The molecule has 0 spiro atoms. The summed E-state index contributed by atoms with van der Waals surface area (Å²) in [5.41, 5.74) is 0. The monoisotopic (exact) mass is 375 g/mol. The Morgan fingerprint density at radius 1 is 1.41 bits per heavy atom. The molecular weight excluding hydrogens is 350 g/mol. The van der Waals surface area contributed by atoms with Crippen LogP contribution in [-0.2, 0) is 22.7 Å². The van der Waals surface area contributed by atoms with Crippen LogP contribution in [0.15, 0.2) is 22.8 Å². The van der Waals surface area contributed by atoms with Crippen molar-refractivity contribution in [2.45, 2.75) is 51.9 Å². The summed E-state index contributed by atoms with van der Waals surface area (Å²) < 4.78 is 7.00. The summed E-state index contributed by atoms with van der Waals surface area (Å²) in [7, 11) is 0. The first-order valence-electron chi connectivity index (χ1n) is 9.13. The lowest BCUT2D eigenvalue weighted by Crippen LogP contribution is -2.42. The Balaban J connectivity index is 1.56. The molecule has 1 saturated heterocycles. The van der Waals surface area contributed by atoms with E-state index < -0.39 is 0 Å². The second-order valence-corrected chi connectivity index (χ2v) is 6.62. The number of nitrogens with zero attached hydrogens (tertiary/aromatic N) is 5. The van der Waals surface area contributed by atoms with Crippen molar-refractivity contribution in [2.75, 3.05) is 13.1 Å². The number of amides is 2. The molecular formula is C17H25N7O3. The predicted molar refractivity (Wildman–Crippen MR) is 95.3 cm³/mol. The number of likely N-dealkylation sites (N-methyl/N-ethyl adjacent to an activating group) is 1. The summed E-state index contributed by atoms with van der Waals surface area (Å²) in [5.74, 6) is 1.37. The number of aryl methyl sites for hydroxylation is 2. The highest BCUT2D eigenvalue weighted by Crippen LogP contribution is 2.21. The van der Waals surface area contributed by atoms with Gasteiger partial charge in [-0.15, -0.1) is 5.10 Å². The van der Waals surface area contributed by atoms with Crippen LogP contribution in [0, 0.1) is 6.92 Å². The van der Waals surface area contributed by atoms with Gasteiger partial charge in [-0.3, -0.25) is 14.5 Å². The van der Waals surface area contributed by atoms with Crippen LogP contribution in [0.3, 0.4) is 0 Å². The summed E-state index contributed by atoms with van der Waals surface area (Å²) in [6, 6.07) is 3.33. The summed E-state index contributed by atoms with van der Waals surface area (Å²) >= 11 is 0. The molecule has 0 saturated carbocycles. The lowest BCUT2D eigenvalue weighted by atomic mass is 10.1. The fourth-order valence-electron chi connectivity index (χ4n) is 3.31. The molecule has 2 atom stereocenters. The third kappa shape index (κ3) is 4.91. The quantitative estimate of drug-likeness (QED) is 0.659. The smallest absolute Gasteiger partial charge is 0.237 e. The van der Waals surface area contributed by atoms with Crippen LogP contribution in [-0.4, -0.2) is 62.1 Å². The molecule has 0 unspecified atom stereocenters. The molecule has 27 heavy (non-hydrogen) atoms. The summed E-state index contributed by atoms with van der Waals surface area (Å²) in [4.78, 5) is 26.8. The van der Waals surface area contributed by atoms with Gasteiger partial charge in [0.25, 0.3) is 0 Å². The van der Waals surface area contributed by atoms with Gasteiger partial charge in [0.05, 0.1) is 25.4 Å². The molecule has 0 radical (unpaired) electrons. The van der Waals surface area contributed by atoms with E-state index in [4.69, 9.17) is 4.42 Å². The van der Waals surface area contributed by atoms with Crippen molar-refractivity contribution in [2.24, 2.45) is 0 Å². The first-order valence-corrected chi connectivity index (χ1v) is 9.13. The van der Waals surface area contributed by atoms with E-state index in [-0.39, 0.29) is 30.3 Å². The van der Waals surface area contributed by atoms with Crippen molar-refractivity contribution in [1.29, 1.82) is 0 Å². The molecule has 1 fully saturated rings. The molecule has 0 aromatic carbocycles. The normalized spacial score (nSPS) is 19.9. The topological polar surface area (TPSA) is 118 Å². The molecule has 0 bridgehead atoms. The fourth-order valence-corrected chi connectivity index (χ4v) is 3.31. The average Bonchev–Trinajstić information content (AvgIpc) is 3.36.